The van der Waals surface area contributed by atoms with Gasteiger partial charge in [-0.25, -0.2) is 19.7 Å². The molecule has 4 heterocycles. The molecule has 40 heavy (non-hydrogen) atoms. The maximum absolute atomic E-state index is 13.1. The van der Waals surface area contributed by atoms with E-state index in [9.17, 15) is 22.8 Å². The zero-order valence-electron chi connectivity index (χ0n) is 21.7. The molecular formula is C26H26F3N5O5S. The molecule has 2 bridgehead atoms. The highest BCUT2D eigenvalue weighted by Gasteiger charge is 2.53. The average molecular weight is 578 g/mol. The number of nitrogens with zero attached hydrogens (tertiary/aromatic N) is 4. The van der Waals surface area contributed by atoms with Crippen LogP contribution < -0.4 is 10.1 Å². The van der Waals surface area contributed by atoms with E-state index in [2.05, 4.69) is 20.3 Å². The molecule has 2 amide bonds. The molecule has 2 aromatic heterocycles. The molecule has 0 aliphatic carbocycles. The zero-order valence-corrected chi connectivity index (χ0v) is 22.5. The fraction of sp³-hybridized carbons (Fsp3) is 0.423. The lowest BCUT2D eigenvalue weighted by atomic mass is 10.0. The SMILES string of the molecule is CCOC(=O)N1CC2(COc3cc(C(=O)NCc4cnc(C(F)(F)F)nc4)cc(-c4ncc(C)s4)c3)CC1CO2. The normalized spacial score (nSPS) is 20.0. The van der Waals surface area contributed by atoms with Crippen molar-refractivity contribution in [3.05, 3.63) is 58.6 Å². The molecule has 1 aromatic carbocycles. The molecule has 0 saturated carbocycles. The Morgan fingerprint density at radius 1 is 1.20 bits per heavy atom. The minimum atomic E-state index is -4.65. The van der Waals surface area contributed by atoms with E-state index in [1.54, 1.807) is 36.2 Å². The van der Waals surface area contributed by atoms with E-state index >= 15 is 0 Å². The van der Waals surface area contributed by atoms with Crippen molar-refractivity contribution in [3.63, 3.8) is 0 Å². The number of likely N-dealkylation sites (tertiary alicyclic amines) is 1. The van der Waals surface area contributed by atoms with Crippen LogP contribution in [0.2, 0.25) is 0 Å². The molecule has 0 radical (unpaired) electrons. The number of hydrogen-bond acceptors (Lipinski definition) is 9. The van der Waals surface area contributed by atoms with Crippen molar-refractivity contribution < 1.29 is 37.0 Å². The summed E-state index contributed by atoms with van der Waals surface area (Å²) >= 11 is 1.46. The van der Waals surface area contributed by atoms with Gasteiger partial charge in [0, 0.05) is 53.1 Å². The van der Waals surface area contributed by atoms with Crippen LogP contribution in [0.15, 0.2) is 36.8 Å². The largest absolute Gasteiger partial charge is 0.490 e. The van der Waals surface area contributed by atoms with E-state index in [4.69, 9.17) is 14.2 Å². The molecule has 1 N–H and O–H groups in total. The number of amides is 2. The summed E-state index contributed by atoms with van der Waals surface area (Å²) in [6, 6.07) is 4.94. The molecule has 10 nitrogen and oxygen atoms in total. The topological polar surface area (TPSA) is 116 Å². The Hall–Kier alpha value is -3.78. The number of benzene rings is 1. The van der Waals surface area contributed by atoms with E-state index in [0.29, 0.717) is 41.5 Å². The lowest BCUT2D eigenvalue weighted by Gasteiger charge is -2.32. The highest BCUT2D eigenvalue weighted by molar-refractivity contribution is 7.14. The third kappa shape index (κ3) is 6.02. The number of carbonyl (C=O) groups excluding carboxylic acids is 2. The van der Waals surface area contributed by atoms with Gasteiger partial charge in [0.05, 0.1) is 25.8 Å². The number of aryl methyl sites for hydroxylation is 1. The van der Waals surface area contributed by atoms with Gasteiger partial charge in [-0.2, -0.15) is 13.2 Å². The van der Waals surface area contributed by atoms with Crippen LogP contribution in [0.4, 0.5) is 18.0 Å². The van der Waals surface area contributed by atoms with Crippen LogP contribution >= 0.6 is 11.3 Å². The first-order valence-electron chi connectivity index (χ1n) is 12.5. The number of morpholine rings is 1. The zero-order chi connectivity index (χ0) is 28.5. The molecule has 2 atom stereocenters. The summed E-state index contributed by atoms with van der Waals surface area (Å²) in [5, 5.41) is 3.37. The number of ether oxygens (including phenoxy) is 3. The predicted octanol–water partition coefficient (Wildman–Crippen LogP) is 4.24. The molecule has 14 heteroatoms. The van der Waals surface area contributed by atoms with Gasteiger partial charge in [-0.15, -0.1) is 11.3 Å². The molecular weight excluding hydrogens is 551 g/mol. The van der Waals surface area contributed by atoms with E-state index in [1.165, 1.54) is 11.3 Å². The fourth-order valence-electron chi connectivity index (χ4n) is 4.65. The van der Waals surface area contributed by atoms with Gasteiger partial charge in [0.1, 0.15) is 23.0 Å². The van der Waals surface area contributed by atoms with Gasteiger partial charge in [0.25, 0.3) is 5.91 Å². The van der Waals surface area contributed by atoms with Crippen molar-refractivity contribution in [3.8, 4) is 16.3 Å². The van der Waals surface area contributed by atoms with Crippen molar-refractivity contribution in [1.82, 2.24) is 25.2 Å². The number of fused-ring (bicyclic) bond motifs is 2. The Balaban J connectivity index is 1.31. The molecule has 2 saturated heterocycles. The molecule has 3 aromatic rings. The molecule has 2 fully saturated rings. The number of halogens is 3. The number of carbonyl (C=O) groups is 2. The minimum Gasteiger partial charge on any atom is -0.490 e. The van der Waals surface area contributed by atoms with Crippen LogP contribution in [-0.2, 0) is 22.2 Å². The van der Waals surface area contributed by atoms with E-state index in [0.717, 1.165) is 17.3 Å². The second kappa shape index (κ2) is 11.0. The standard InChI is InChI=1S/C26H26F3N5O5S/c1-3-37-24(36)34-13-25(7-19(34)12-39-25)14-38-20-5-17(4-18(6-20)22-31-8-15(2)40-22)21(35)30-9-16-10-32-23(33-11-16)26(27,28)29/h4-6,8,10-11,19H,3,7,9,12-14H2,1-2H3,(H,30,35). The van der Waals surface area contributed by atoms with Crippen molar-refractivity contribution in [2.75, 3.05) is 26.4 Å². The summed E-state index contributed by atoms with van der Waals surface area (Å²) in [5.74, 6) is -1.31. The molecule has 2 aliphatic rings. The smallest absolute Gasteiger partial charge is 0.451 e. The van der Waals surface area contributed by atoms with E-state index < -0.39 is 23.5 Å². The number of aromatic nitrogens is 3. The highest BCUT2D eigenvalue weighted by atomic mass is 32.1. The predicted molar refractivity (Wildman–Crippen MR) is 137 cm³/mol. The van der Waals surface area contributed by atoms with E-state index in [-0.39, 0.29) is 37.5 Å². The second-order valence-corrected chi connectivity index (χ2v) is 10.8. The third-order valence-electron chi connectivity index (χ3n) is 6.54. The summed E-state index contributed by atoms with van der Waals surface area (Å²) in [6.45, 7) is 4.77. The third-order valence-corrected chi connectivity index (χ3v) is 7.50. The van der Waals surface area contributed by atoms with Crippen molar-refractivity contribution in [2.45, 2.75) is 44.6 Å². The summed E-state index contributed by atoms with van der Waals surface area (Å²) in [6.07, 6.45) is -0.641. The summed E-state index contributed by atoms with van der Waals surface area (Å²) in [5.41, 5.74) is 0.566. The number of hydrogen-bond donors (Lipinski definition) is 1. The van der Waals surface area contributed by atoms with Gasteiger partial charge in [-0.05, 0) is 32.0 Å². The van der Waals surface area contributed by atoms with Crippen molar-refractivity contribution in [1.29, 1.82) is 0 Å². The van der Waals surface area contributed by atoms with E-state index in [1.807, 2.05) is 6.92 Å². The molecule has 5 rings (SSSR count). The first kappa shape index (κ1) is 27.8. The van der Waals surface area contributed by atoms with Crippen LogP contribution in [0.5, 0.6) is 5.75 Å². The van der Waals surface area contributed by atoms with Gasteiger partial charge >= 0.3 is 12.3 Å². The molecule has 0 spiro atoms. The first-order valence-corrected chi connectivity index (χ1v) is 13.3. The van der Waals surface area contributed by atoms with Gasteiger partial charge < -0.3 is 19.5 Å². The summed E-state index contributed by atoms with van der Waals surface area (Å²) in [4.78, 5) is 39.1. The maximum Gasteiger partial charge on any atom is 0.451 e. The molecule has 212 valence electrons. The number of rotatable bonds is 8. The van der Waals surface area contributed by atoms with Crippen molar-refractivity contribution >= 4 is 23.3 Å². The highest BCUT2D eigenvalue weighted by Crippen LogP contribution is 2.39. The fourth-order valence-corrected chi connectivity index (χ4v) is 5.40. The monoisotopic (exact) mass is 577 g/mol. The second-order valence-electron chi connectivity index (χ2n) is 9.58. The van der Waals surface area contributed by atoms with Gasteiger partial charge in [-0.1, -0.05) is 0 Å². The Bertz CT molecular complexity index is 1400. The Morgan fingerprint density at radius 3 is 2.65 bits per heavy atom. The summed E-state index contributed by atoms with van der Waals surface area (Å²) < 4.78 is 55.5. The lowest BCUT2D eigenvalue weighted by molar-refractivity contribution is -0.145. The Kier molecular flexibility index (Phi) is 7.64. The average Bonchev–Trinajstić information content (AvgIpc) is 3.65. The molecule has 2 aliphatic heterocycles. The van der Waals surface area contributed by atoms with Crippen LogP contribution in [0.1, 0.15) is 40.0 Å². The van der Waals surface area contributed by atoms with Crippen LogP contribution in [0.3, 0.4) is 0 Å². The number of nitrogens with one attached hydrogen (secondary N) is 1. The van der Waals surface area contributed by atoms with Gasteiger partial charge in [0.2, 0.25) is 5.82 Å². The van der Waals surface area contributed by atoms with Crippen LogP contribution in [0.25, 0.3) is 10.6 Å². The summed E-state index contributed by atoms with van der Waals surface area (Å²) in [7, 11) is 0. The Labute approximate surface area is 231 Å². The quantitative estimate of drug-likeness (QED) is 0.423. The number of thiazole rings is 1. The first-order chi connectivity index (χ1) is 19.0. The Morgan fingerprint density at radius 2 is 1.98 bits per heavy atom. The number of alkyl halides is 3. The van der Waals surface area contributed by atoms with Crippen LogP contribution in [0, 0.1) is 6.92 Å². The maximum atomic E-state index is 13.1. The van der Waals surface area contributed by atoms with Gasteiger partial charge in [0.15, 0.2) is 0 Å². The van der Waals surface area contributed by atoms with Crippen LogP contribution in [-0.4, -0.2) is 69.9 Å². The minimum absolute atomic E-state index is 0.0736. The lowest BCUT2D eigenvalue weighted by Crippen LogP contribution is -2.48. The van der Waals surface area contributed by atoms with Crippen molar-refractivity contribution in [2.24, 2.45) is 0 Å². The van der Waals surface area contributed by atoms with Gasteiger partial charge in [-0.3, -0.25) is 9.69 Å². The molecule has 2 unspecified atom stereocenters.